The van der Waals surface area contributed by atoms with Crippen molar-refractivity contribution in [3.63, 3.8) is 0 Å². The standard InChI is InChI=1S/C14H26O10S2/c1-13(2)19-7-9(21-13)12(24-26(6,17)18)11-10(8-20-25(5,15)16)22-14(3,4)23-11/h9-12H,7-8H2,1-6H3/t9-,10-,11-,12-/m1/s1. The predicted octanol–water partition coefficient (Wildman–Crippen LogP) is -0.0210. The highest BCUT2D eigenvalue weighted by molar-refractivity contribution is 7.86. The molecule has 2 saturated heterocycles. The summed E-state index contributed by atoms with van der Waals surface area (Å²) in [7, 11) is -7.59. The molecule has 2 aliphatic heterocycles. The molecule has 2 rings (SSSR count). The minimum absolute atomic E-state index is 0.0765. The van der Waals surface area contributed by atoms with Crippen LogP contribution in [0.25, 0.3) is 0 Å². The molecule has 12 heteroatoms. The minimum Gasteiger partial charge on any atom is -0.348 e. The van der Waals surface area contributed by atoms with Crippen molar-refractivity contribution in [3.8, 4) is 0 Å². The molecule has 26 heavy (non-hydrogen) atoms. The number of hydrogen-bond acceptors (Lipinski definition) is 10. The monoisotopic (exact) mass is 418 g/mol. The van der Waals surface area contributed by atoms with E-state index in [0.29, 0.717) is 0 Å². The second-order valence-electron chi connectivity index (χ2n) is 7.26. The van der Waals surface area contributed by atoms with Crippen molar-refractivity contribution in [1.29, 1.82) is 0 Å². The Labute approximate surface area is 154 Å². The van der Waals surface area contributed by atoms with Gasteiger partial charge in [-0.25, -0.2) is 0 Å². The van der Waals surface area contributed by atoms with E-state index < -0.39 is 56.2 Å². The van der Waals surface area contributed by atoms with Crippen molar-refractivity contribution in [2.45, 2.75) is 63.7 Å². The molecule has 0 unspecified atom stereocenters. The summed E-state index contributed by atoms with van der Waals surface area (Å²) in [6, 6.07) is 0. The molecule has 2 aliphatic rings. The quantitative estimate of drug-likeness (QED) is 0.521. The zero-order chi connectivity index (χ0) is 20.0. The molecule has 0 saturated carbocycles. The third-order valence-electron chi connectivity index (χ3n) is 3.67. The van der Waals surface area contributed by atoms with Crippen molar-refractivity contribution >= 4 is 20.2 Å². The van der Waals surface area contributed by atoms with Crippen LogP contribution in [0.3, 0.4) is 0 Å². The van der Waals surface area contributed by atoms with E-state index in [1.54, 1.807) is 27.7 Å². The largest absolute Gasteiger partial charge is 0.348 e. The van der Waals surface area contributed by atoms with E-state index >= 15 is 0 Å². The van der Waals surface area contributed by atoms with Gasteiger partial charge in [0.1, 0.15) is 24.4 Å². The van der Waals surface area contributed by atoms with E-state index in [-0.39, 0.29) is 13.2 Å². The molecule has 154 valence electrons. The Morgan fingerprint density at radius 1 is 0.962 bits per heavy atom. The molecule has 0 amide bonds. The molecular weight excluding hydrogens is 392 g/mol. The Kier molecular flexibility index (Phi) is 6.12. The number of ether oxygens (including phenoxy) is 4. The second kappa shape index (κ2) is 7.24. The Hall–Kier alpha value is -0.340. The average Bonchev–Trinajstić information content (AvgIpc) is 2.91. The first-order valence-electron chi connectivity index (χ1n) is 7.97. The van der Waals surface area contributed by atoms with Crippen LogP contribution in [-0.2, 0) is 47.5 Å². The van der Waals surface area contributed by atoms with E-state index in [0.717, 1.165) is 12.5 Å². The molecule has 0 radical (unpaired) electrons. The van der Waals surface area contributed by atoms with Crippen LogP contribution in [0.2, 0.25) is 0 Å². The van der Waals surface area contributed by atoms with Gasteiger partial charge in [-0.05, 0) is 27.7 Å². The van der Waals surface area contributed by atoms with Crippen molar-refractivity contribution in [2.24, 2.45) is 0 Å². The van der Waals surface area contributed by atoms with Gasteiger partial charge in [-0.2, -0.15) is 16.8 Å². The molecule has 4 atom stereocenters. The van der Waals surface area contributed by atoms with Crippen molar-refractivity contribution < 1.29 is 44.1 Å². The molecule has 0 aliphatic carbocycles. The minimum atomic E-state index is -3.87. The van der Waals surface area contributed by atoms with Gasteiger partial charge >= 0.3 is 0 Å². The molecule has 10 nitrogen and oxygen atoms in total. The summed E-state index contributed by atoms with van der Waals surface area (Å²) in [6.45, 7) is 6.33. The summed E-state index contributed by atoms with van der Waals surface area (Å²) in [6.07, 6.45) is -1.90. The average molecular weight is 418 g/mol. The Morgan fingerprint density at radius 2 is 1.58 bits per heavy atom. The molecule has 0 bridgehead atoms. The van der Waals surface area contributed by atoms with Crippen LogP contribution >= 0.6 is 0 Å². The third-order valence-corrected chi connectivity index (χ3v) is 4.81. The lowest BCUT2D eigenvalue weighted by molar-refractivity contribution is -0.174. The normalized spacial score (nSPS) is 32.6. The highest BCUT2D eigenvalue weighted by Crippen LogP contribution is 2.36. The van der Waals surface area contributed by atoms with Crippen molar-refractivity contribution in [3.05, 3.63) is 0 Å². The van der Waals surface area contributed by atoms with Crippen LogP contribution in [0.5, 0.6) is 0 Å². The van der Waals surface area contributed by atoms with Crippen LogP contribution in [0.1, 0.15) is 27.7 Å². The molecule has 0 aromatic carbocycles. The zero-order valence-electron chi connectivity index (χ0n) is 15.6. The van der Waals surface area contributed by atoms with Gasteiger partial charge in [0.05, 0.1) is 25.7 Å². The van der Waals surface area contributed by atoms with Gasteiger partial charge in [0.2, 0.25) is 0 Å². The molecule has 0 N–H and O–H groups in total. The highest BCUT2D eigenvalue weighted by Gasteiger charge is 2.52. The fourth-order valence-electron chi connectivity index (χ4n) is 2.87. The van der Waals surface area contributed by atoms with Gasteiger partial charge in [0.25, 0.3) is 20.2 Å². The summed E-state index contributed by atoms with van der Waals surface area (Å²) in [4.78, 5) is 0. The van der Waals surface area contributed by atoms with Gasteiger partial charge in [0, 0.05) is 0 Å². The highest BCUT2D eigenvalue weighted by atomic mass is 32.2. The van der Waals surface area contributed by atoms with E-state index in [1.807, 2.05) is 0 Å². The first-order chi connectivity index (χ1) is 11.6. The van der Waals surface area contributed by atoms with Crippen LogP contribution in [0, 0.1) is 0 Å². The SMILES string of the molecule is CC1(C)OC[C@H]([C@@H](OS(C)(=O)=O)[C@@H]2OC(C)(C)O[C@@H]2COS(C)(=O)=O)O1. The molecule has 0 aromatic rings. The Bertz CT molecular complexity index is 712. The van der Waals surface area contributed by atoms with Crippen LogP contribution in [0.4, 0.5) is 0 Å². The van der Waals surface area contributed by atoms with Gasteiger partial charge < -0.3 is 18.9 Å². The van der Waals surface area contributed by atoms with Gasteiger partial charge in [0.15, 0.2) is 11.6 Å². The first kappa shape index (κ1) is 22.0. The first-order valence-corrected chi connectivity index (χ1v) is 11.6. The third kappa shape index (κ3) is 6.37. The van der Waals surface area contributed by atoms with Gasteiger partial charge in [-0.3, -0.25) is 8.37 Å². The molecule has 0 spiro atoms. The molecule has 0 aromatic heterocycles. The lowest BCUT2D eigenvalue weighted by Crippen LogP contribution is -2.48. The van der Waals surface area contributed by atoms with Crippen LogP contribution in [-0.4, -0.2) is 78.6 Å². The summed E-state index contributed by atoms with van der Waals surface area (Å²) in [5.74, 6) is -2.01. The maximum atomic E-state index is 11.8. The lowest BCUT2D eigenvalue weighted by Gasteiger charge is -2.29. The molecule has 2 heterocycles. The lowest BCUT2D eigenvalue weighted by atomic mass is 10.0. The smallest absolute Gasteiger partial charge is 0.264 e. The maximum Gasteiger partial charge on any atom is 0.264 e. The number of hydrogen-bond donors (Lipinski definition) is 0. The second-order valence-corrected chi connectivity index (χ2v) is 10.5. The molecular formula is C14H26O10S2. The van der Waals surface area contributed by atoms with Crippen molar-refractivity contribution in [1.82, 2.24) is 0 Å². The van der Waals surface area contributed by atoms with Gasteiger partial charge in [-0.1, -0.05) is 0 Å². The van der Waals surface area contributed by atoms with E-state index in [4.69, 9.17) is 27.3 Å². The van der Waals surface area contributed by atoms with Crippen LogP contribution < -0.4 is 0 Å². The van der Waals surface area contributed by atoms with Gasteiger partial charge in [-0.15, -0.1) is 0 Å². The van der Waals surface area contributed by atoms with E-state index in [1.165, 1.54) is 0 Å². The maximum absolute atomic E-state index is 11.8. The fraction of sp³-hybridized carbons (Fsp3) is 1.00. The predicted molar refractivity (Wildman–Crippen MR) is 89.2 cm³/mol. The topological polar surface area (TPSA) is 124 Å². The Balaban J connectivity index is 2.27. The summed E-state index contributed by atoms with van der Waals surface area (Å²) < 4.78 is 78.8. The van der Waals surface area contributed by atoms with Crippen LogP contribution in [0.15, 0.2) is 0 Å². The van der Waals surface area contributed by atoms with E-state index in [2.05, 4.69) is 0 Å². The Morgan fingerprint density at radius 3 is 2.04 bits per heavy atom. The number of rotatable bonds is 7. The zero-order valence-corrected chi connectivity index (χ0v) is 17.3. The summed E-state index contributed by atoms with van der Waals surface area (Å²) >= 11 is 0. The fourth-order valence-corrected chi connectivity index (χ4v) is 3.89. The van der Waals surface area contributed by atoms with E-state index in [9.17, 15) is 16.8 Å². The molecule has 2 fully saturated rings. The summed E-state index contributed by atoms with van der Waals surface area (Å²) in [5, 5.41) is 0. The summed E-state index contributed by atoms with van der Waals surface area (Å²) in [5.41, 5.74) is 0. The van der Waals surface area contributed by atoms with Crippen molar-refractivity contribution in [2.75, 3.05) is 25.7 Å².